The summed E-state index contributed by atoms with van der Waals surface area (Å²) in [5.41, 5.74) is 1.64. The van der Waals surface area contributed by atoms with Crippen LogP contribution < -0.4 is 5.32 Å². The van der Waals surface area contributed by atoms with Crippen molar-refractivity contribution in [2.75, 3.05) is 11.9 Å². The largest absolute Gasteiger partial charge is 0.331 e. The minimum absolute atomic E-state index is 0.0745. The van der Waals surface area contributed by atoms with Crippen LogP contribution in [0, 0.1) is 6.92 Å². The molecule has 2 heterocycles. The normalized spacial score (nSPS) is 17.2. The van der Waals surface area contributed by atoms with Crippen molar-refractivity contribution in [2.45, 2.75) is 52.0 Å². The van der Waals surface area contributed by atoms with E-state index in [1.807, 2.05) is 38.1 Å². The summed E-state index contributed by atoms with van der Waals surface area (Å²) in [6.45, 7) is 4.57. The number of carbonyl (C=O) groups is 2. The third kappa shape index (κ3) is 4.27. The molecule has 26 heavy (non-hydrogen) atoms. The highest BCUT2D eigenvalue weighted by Gasteiger charge is 2.31. The fourth-order valence-electron chi connectivity index (χ4n) is 3.23. The number of piperidine rings is 1. The molecular weight excluding hydrogens is 348 g/mol. The quantitative estimate of drug-likeness (QED) is 0.869. The Bertz CT molecular complexity index is 789. The lowest BCUT2D eigenvalue weighted by molar-refractivity contribution is -0.140. The molecule has 0 saturated carbocycles. The molecule has 0 bridgehead atoms. The molecule has 7 heteroatoms. The molecule has 1 N–H and O–H groups in total. The Kier molecular flexibility index (Phi) is 5.98. The van der Waals surface area contributed by atoms with Crippen molar-refractivity contribution >= 4 is 28.8 Å². The highest BCUT2D eigenvalue weighted by molar-refractivity contribution is 7.14. The average Bonchev–Trinajstić information content (AvgIpc) is 3.08. The summed E-state index contributed by atoms with van der Waals surface area (Å²) in [7, 11) is 0. The fraction of sp³-hybridized carbons (Fsp3) is 0.474. The number of anilines is 1. The molecule has 0 unspecified atom stereocenters. The number of carbonyl (C=O) groups excluding carboxylic acids is 2. The standard InChI is InChI=1S/C19H24N4O2S/c1-3-7-17(24)23-11-5-4-10-16(23)18(25)20-15-9-6-8-14(12-15)19-22-21-13(2)26-19/h6,8-9,12,16H,3-5,7,10-11H2,1-2H3,(H,20,25)/t16-/m0/s1. The summed E-state index contributed by atoms with van der Waals surface area (Å²) in [6.07, 6.45) is 3.95. The first-order chi connectivity index (χ1) is 12.6. The second kappa shape index (κ2) is 8.40. The molecule has 6 nitrogen and oxygen atoms in total. The first kappa shape index (κ1) is 18.5. The maximum absolute atomic E-state index is 12.8. The van der Waals surface area contributed by atoms with Gasteiger partial charge in [-0.05, 0) is 44.7 Å². The first-order valence-corrected chi connectivity index (χ1v) is 9.91. The molecule has 1 atom stereocenters. The summed E-state index contributed by atoms with van der Waals surface area (Å²) in [5.74, 6) is -0.0369. The van der Waals surface area contributed by atoms with E-state index in [0.29, 0.717) is 18.7 Å². The van der Waals surface area contributed by atoms with E-state index >= 15 is 0 Å². The maximum atomic E-state index is 12.8. The number of likely N-dealkylation sites (tertiary alicyclic amines) is 1. The van der Waals surface area contributed by atoms with Gasteiger partial charge in [0.25, 0.3) is 0 Å². The van der Waals surface area contributed by atoms with E-state index in [-0.39, 0.29) is 17.9 Å². The number of hydrogen-bond donors (Lipinski definition) is 1. The number of aromatic nitrogens is 2. The third-order valence-electron chi connectivity index (χ3n) is 4.49. The number of nitrogens with one attached hydrogen (secondary N) is 1. The summed E-state index contributed by atoms with van der Waals surface area (Å²) in [6, 6.07) is 7.22. The Morgan fingerprint density at radius 2 is 2.15 bits per heavy atom. The summed E-state index contributed by atoms with van der Waals surface area (Å²) >= 11 is 1.52. The molecule has 3 rings (SSSR count). The van der Waals surface area contributed by atoms with E-state index in [1.54, 1.807) is 4.90 Å². The Labute approximate surface area is 157 Å². The van der Waals surface area contributed by atoms with Gasteiger partial charge in [-0.1, -0.05) is 30.4 Å². The number of aryl methyl sites for hydroxylation is 1. The predicted octanol–water partition coefficient (Wildman–Crippen LogP) is 3.63. The third-order valence-corrected chi connectivity index (χ3v) is 5.38. The minimum Gasteiger partial charge on any atom is -0.331 e. The van der Waals surface area contributed by atoms with Crippen LogP contribution in [-0.2, 0) is 9.59 Å². The fourth-order valence-corrected chi connectivity index (χ4v) is 3.92. The maximum Gasteiger partial charge on any atom is 0.247 e. The van der Waals surface area contributed by atoms with Gasteiger partial charge in [0.05, 0.1) is 0 Å². The topological polar surface area (TPSA) is 75.2 Å². The van der Waals surface area contributed by atoms with Gasteiger partial charge in [-0.15, -0.1) is 10.2 Å². The van der Waals surface area contributed by atoms with Crippen LogP contribution in [0.2, 0.25) is 0 Å². The van der Waals surface area contributed by atoms with Crippen LogP contribution in [0.15, 0.2) is 24.3 Å². The monoisotopic (exact) mass is 372 g/mol. The molecule has 0 aliphatic carbocycles. The van der Waals surface area contributed by atoms with Crippen molar-refractivity contribution in [3.63, 3.8) is 0 Å². The van der Waals surface area contributed by atoms with Gasteiger partial charge in [-0.3, -0.25) is 9.59 Å². The van der Waals surface area contributed by atoms with E-state index < -0.39 is 0 Å². The molecule has 138 valence electrons. The molecule has 0 radical (unpaired) electrons. The summed E-state index contributed by atoms with van der Waals surface area (Å²) in [5, 5.41) is 12.9. The lowest BCUT2D eigenvalue weighted by atomic mass is 10.0. The van der Waals surface area contributed by atoms with Crippen LogP contribution in [0.1, 0.15) is 44.0 Å². The zero-order valence-corrected chi connectivity index (χ0v) is 16.0. The van der Waals surface area contributed by atoms with Crippen LogP contribution in [0.3, 0.4) is 0 Å². The van der Waals surface area contributed by atoms with E-state index in [1.165, 1.54) is 11.3 Å². The van der Waals surface area contributed by atoms with Crippen molar-refractivity contribution in [3.8, 4) is 10.6 Å². The number of rotatable bonds is 5. The molecule has 2 aromatic rings. The molecule has 1 aromatic carbocycles. The van der Waals surface area contributed by atoms with E-state index in [9.17, 15) is 9.59 Å². The van der Waals surface area contributed by atoms with Crippen LogP contribution >= 0.6 is 11.3 Å². The van der Waals surface area contributed by atoms with Crippen molar-refractivity contribution in [3.05, 3.63) is 29.3 Å². The van der Waals surface area contributed by atoms with Gasteiger partial charge in [0.2, 0.25) is 11.8 Å². The molecule has 1 aliphatic heterocycles. The minimum atomic E-state index is -0.379. The molecule has 1 aliphatic rings. The van der Waals surface area contributed by atoms with Gasteiger partial charge in [-0.25, -0.2) is 0 Å². The smallest absolute Gasteiger partial charge is 0.247 e. The van der Waals surface area contributed by atoms with E-state index in [4.69, 9.17) is 0 Å². The van der Waals surface area contributed by atoms with E-state index in [0.717, 1.165) is 41.3 Å². The summed E-state index contributed by atoms with van der Waals surface area (Å²) < 4.78 is 0. The van der Waals surface area contributed by atoms with Gasteiger partial charge >= 0.3 is 0 Å². The number of benzene rings is 1. The van der Waals surface area contributed by atoms with Crippen LogP contribution in [0.25, 0.3) is 10.6 Å². The summed E-state index contributed by atoms with van der Waals surface area (Å²) in [4.78, 5) is 26.9. The van der Waals surface area contributed by atoms with Crippen LogP contribution in [0.5, 0.6) is 0 Å². The highest BCUT2D eigenvalue weighted by Crippen LogP contribution is 2.26. The molecule has 2 amide bonds. The average molecular weight is 372 g/mol. The Morgan fingerprint density at radius 3 is 2.88 bits per heavy atom. The predicted molar refractivity (Wildman–Crippen MR) is 103 cm³/mol. The molecule has 1 fully saturated rings. The molecular formula is C19H24N4O2S. The van der Waals surface area contributed by atoms with Gasteiger partial charge < -0.3 is 10.2 Å². The lowest BCUT2D eigenvalue weighted by Gasteiger charge is -2.34. The van der Waals surface area contributed by atoms with Crippen molar-refractivity contribution < 1.29 is 9.59 Å². The molecule has 0 spiro atoms. The number of hydrogen-bond acceptors (Lipinski definition) is 5. The van der Waals surface area contributed by atoms with Crippen LogP contribution in [-0.4, -0.2) is 39.5 Å². The van der Waals surface area contributed by atoms with Crippen molar-refractivity contribution in [1.82, 2.24) is 15.1 Å². The number of nitrogens with zero attached hydrogens (tertiary/aromatic N) is 3. The Morgan fingerprint density at radius 1 is 1.31 bits per heavy atom. The van der Waals surface area contributed by atoms with Gasteiger partial charge in [-0.2, -0.15) is 0 Å². The van der Waals surface area contributed by atoms with Gasteiger partial charge in [0, 0.05) is 24.2 Å². The molecule has 1 saturated heterocycles. The second-order valence-electron chi connectivity index (χ2n) is 6.55. The molecule has 1 aromatic heterocycles. The lowest BCUT2D eigenvalue weighted by Crippen LogP contribution is -2.49. The van der Waals surface area contributed by atoms with Crippen molar-refractivity contribution in [1.29, 1.82) is 0 Å². The zero-order valence-electron chi connectivity index (χ0n) is 15.2. The van der Waals surface area contributed by atoms with Crippen LogP contribution in [0.4, 0.5) is 5.69 Å². The van der Waals surface area contributed by atoms with Crippen molar-refractivity contribution in [2.24, 2.45) is 0 Å². The Balaban J connectivity index is 1.73. The van der Waals surface area contributed by atoms with E-state index in [2.05, 4.69) is 15.5 Å². The SMILES string of the molecule is CCCC(=O)N1CCCC[C@H]1C(=O)Nc1cccc(-c2nnc(C)s2)c1. The van der Waals surface area contributed by atoms with Gasteiger partial charge in [0.15, 0.2) is 0 Å². The number of amides is 2. The second-order valence-corrected chi connectivity index (χ2v) is 7.73. The Hall–Kier alpha value is -2.28. The first-order valence-electron chi connectivity index (χ1n) is 9.09. The zero-order chi connectivity index (χ0) is 18.5. The van der Waals surface area contributed by atoms with Gasteiger partial charge in [0.1, 0.15) is 16.1 Å². The highest BCUT2D eigenvalue weighted by atomic mass is 32.1.